The molecule has 0 aromatic carbocycles. The number of carbonyl (C=O) groups excluding carboxylic acids is 4. The lowest BCUT2D eigenvalue weighted by atomic mass is 10.0. The highest BCUT2D eigenvalue weighted by Crippen LogP contribution is 2.03. The van der Waals surface area contributed by atoms with E-state index in [1.54, 1.807) is 13.8 Å². The molecule has 0 aromatic heterocycles. The molecule has 0 aromatic rings. The van der Waals surface area contributed by atoms with Crippen LogP contribution >= 0.6 is 0 Å². The number of aliphatic carboxylic acids is 2. The fourth-order valence-electron chi connectivity index (χ4n) is 2.13. The molecule has 13 nitrogen and oxygen atoms in total. The van der Waals surface area contributed by atoms with Crippen molar-refractivity contribution in [3.63, 3.8) is 0 Å². The Kier molecular flexibility index (Phi) is 10.9. The monoisotopic (exact) mass is 417 g/mol. The predicted molar refractivity (Wildman–Crippen MR) is 98.0 cm³/mol. The van der Waals surface area contributed by atoms with E-state index in [0.29, 0.717) is 0 Å². The second kappa shape index (κ2) is 12.3. The van der Waals surface area contributed by atoms with E-state index in [4.69, 9.17) is 21.7 Å². The summed E-state index contributed by atoms with van der Waals surface area (Å²) in [6.45, 7) is 2.52. The third kappa shape index (κ3) is 10.6. The van der Waals surface area contributed by atoms with E-state index < -0.39 is 72.6 Å². The number of rotatable bonds is 13. The number of nitrogens with one attached hydrogen (secondary N) is 3. The molecule has 0 bridgehead atoms. The Balaban J connectivity index is 4.84. The first-order valence-corrected chi connectivity index (χ1v) is 8.71. The standard InChI is InChI=1S/C16H27N5O8/c1-7(2)13(16(28)29)21-15(27)9(5-10(18)22)20-11(23)6-19-14(26)8(17)3-4-12(24)25/h7-9,13H,3-6,17H2,1-2H3,(H2,18,22)(H,19,26)(H,20,23)(H,21,27)(H,24,25)(H,28,29). The van der Waals surface area contributed by atoms with Gasteiger partial charge < -0.3 is 37.6 Å². The highest BCUT2D eigenvalue weighted by atomic mass is 16.4. The van der Waals surface area contributed by atoms with Gasteiger partial charge in [0.15, 0.2) is 0 Å². The van der Waals surface area contributed by atoms with Crippen molar-refractivity contribution in [2.24, 2.45) is 17.4 Å². The number of carbonyl (C=O) groups is 6. The molecular weight excluding hydrogens is 390 g/mol. The van der Waals surface area contributed by atoms with E-state index in [1.165, 1.54) is 0 Å². The fraction of sp³-hybridized carbons (Fsp3) is 0.625. The van der Waals surface area contributed by atoms with Crippen molar-refractivity contribution in [2.75, 3.05) is 6.54 Å². The molecule has 0 saturated carbocycles. The predicted octanol–water partition coefficient (Wildman–Crippen LogP) is -3.12. The lowest BCUT2D eigenvalue weighted by Crippen LogP contribution is -2.55. The van der Waals surface area contributed by atoms with Gasteiger partial charge in [-0.15, -0.1) is 0 Å². The van der Waals surface area contributed by atoms with Crippen molar-refractivity contribution < 1.29 is 39.0 Å². The summed E-state index contributed by atoms with van der Waals surface area (Å²) in [5.74, 6) is -6.37. The molecule has 0 saturated heterocycles. The first-order chi connectivity index (χ1) is 13.3. The van der Waals surface area contributed by atoms with Crippen molar-refractivity contribution in [2.45, 2.75) is 51.2 Å². The molecule has 3 atom stereocenters. The second-order valence-electron chi connectivity index (χ2n) is 6.62. The lowest BCUT2D eigenvalue weighted by Gasteiger charge is -2.22. The van der Waals surface area contributed by atoms with E-state index in [2.05, 4.69) is 16.0 Å². The lowest BCUT2D eigenvalue weighted by molar-refractivity contribution is -0.143. The first-order valence-electron chi connectivity index (χ1n) is 8.71. The minimum atomic E-state index is -1.45. The molecule has 0 radical (unpaired) electrons. The molecule has 3 unspecified atom stereocenters. The molecule has 164 valence electrons. The van der Waals surface area contributed by atoms with Gasteiger partial charge in [0.25, 0.3) is 0 Å². The van der Waals surface area contributed by atoms with Gasteiger partial charge in [0.05, 0.1) is 19.0 Å². The Hall–Kier alpha value is -3.22. The van der Waals surface area contributed by atoms with Crippen LogP contribution < -0.4 is 27.4 Å². The van der Waals surface area contributed by atoms with E-state index in [9.17, 15) is 28.8 Å². The third-order valence-electron chi connectivity index (χ3n) is 3.72. The van der Waals surface area contributed by atoms with Gasteiger partial charge in [-0.05, 0) is 12.3 Å². The summed E-state index contributed by atoms with van der Waals surface area (Å²) in [5.41, 5.74) is 10.5. The first kappa shape index (κ1) is 25.8. The number of amides is 4. The molecule has 0 aliphatic heterocycles. The van der Waals surface area contributed by atoms with E-state index in [-0.39, 0.29) is 12.8 Å². The Morgan fingerprint density at radius 2 is 1.55 bits per heavy atom. The highest BCUT2D eigenvalue weighted by Gasteiger charge is 2.29. The molecular formula is C16H27N5O8. The van der Waals surface area contributed by atoms with Crippen LogP contribution in [0.1, 0.15) is 33.1 Å². The molecule has 0 heterocycles. The average Bonchev–Trinajstić information content (AvgIpc) is 2.60. The zero-order valence-corrected chi connectivity index (χ0v) is 16.1. The van der Waals surface area contributed by atoms with E-state index >= 15 is 0 Å². The molecule has 0 rings (SSSR count). The molecule has 0 fully saturated rings. The normalized spacial score (nSPS) is 13.7. The molecule has 0 aliphatic carbocycles. The van der Waals surface area contributed by atoms with Crippen molar-refractivity contribution in [3.05, 3.63) is 0 Å². The Morgan fingerprint density at radius 1 is 0.966 bits per heavy atom. The summed E-state index contributed by atoms with van der Waals surface area (Å²) in [4.78, 5) is 68.8. The van der Waals surface area contributed by atoms with Crippen LogP contribution in [0.2, 0.25) is 0 Å². The number of hydrogen-bond acceptors (Lipinski definition) is 7. The largest absolute Gasteiger partial charge is 0.481 e. The highest BCUT2D eigenvalue weighted by molar-refractivity contribution is 5.95. The van der Waals surface area contributed by atoms with Gasteiger partial charge in [-0.3, -0.25) is 24.0 Å². The smallest absolute Gasteiger partial charge is 0.326 e. The molecule has 0 spiro atoms. The quantitative estimate of drug-likeness (QED) is 0.160. The number of primary amides is 1. The summed E-state index contributed by atoms with van der Waals surface area (Å²) < 4.78 is 0. The van der Waals surface area contributed by atoms with Crippen molar-refractivity contribution in [3.8, 4) is 0 Å². The molecule has 4 amide bonds. The molecule has 9 N–H and O–H groups in total. The maximum atomic E-state index is 12.3. The van der Waals surface area contributed by atoms with Crippen LogP contribution in [0, 0.1) is 5.92 Å². The van der Waals surface area contributed by atoms with Gasteiger partial charge in [0.2, 0.25) is 23.6 Å². The van der Waals surface area contributed by atoms with Crippen LogP contribution in [0.5, 0.6) is 0 Å². The van der Waals surface area contributed by atoms with Crippen LogP contribution in [-0.4, -0.2) is 70.5 Å². The Bertz CT molecular complexity index is 651. The van der Waals surface area contributed by atoms with E-state index in [0.717, 1.165) is 0 Å². The average molecular weight is 417 g/mol. The summed E-state index contributed by atoms with van der Waals surface area (Å²) in [6.07, 6.45) is -1.06. The second-order valence-corrected chi connectivity index (χ2v) is 6.62. The number of nitrogens with two attached hydrogens (primary N) is 2. The number of carboxylic acid groups (broad SMARTS) is 2. The SMILES string of the molecule is CC(C)C(NC(=O)C(CC(N)=O)NC(=O)CNC(=O)C(N)CCC(=O)O)C(=O)O. The molecule has 13 heteroatoms. The maximum Gasteiger partial charge on any atom is 0.326 e. The van der Waals surface area contributed by atoms with Crippen LogP contribution in [-0.2, 0) is 28.8 Å². The minimum Gasteiger partial charge on any atom is -0.481 e. The minimum absolute atomic E-state index is 0.138. The van der Waals surface area contributed by atoms with Crippen LogP contribution in [0.4, 0.5) is 0 Å². The van der Waals surface area contributed by atoms with Gasteiger partial charge in [0.1, 0.15) is 12.1 Å². The number of hydrogen-bond donors (Lipinski definition) is 7. The zero-order chi connectivity index (χ0) is 22.7. The van der Waals surface area contributed by atoms with Gasteiger partial charge in [-0.1, -0.05) is 13.8 Å². The summed E-state index contributed by atoms with van der Waals surface area (Å²) in [6, 6.07) is -3.84. The number of carboxylic acids is 2. The van der Waals surface area contributed by atoms with Crippen LogP contribution in [0.15, 0.2) is 0 Å². The van der Waals surface area contributed by atoms with Crippen LogP contribution in [0.3, 0.4) is 0 Å². The van der Waals surface area contributed by atoms with E-state index in [1.807, 2.05) is 0 Å². The Labute approximate surface area is 166 Å². The summed E-state index contributed by atoms with van der Waals surface area (Å²) in [7, 11) is 0. The summed E-state index contributed by atoms with van der Waals surface area (Å²) >= 11 is 0. The molecule has 0 aliphatic rings. The maximum absolute atomic E-state index is 12.3. The zero-order valence-electron chi connectivity index (χ0n) is 16.1. The fourth-order valence-corrected chi connectivity index (χ4v) is 2.13. The van der Waals surface area contributed by atoms with Gasteiger partial charge in [0, 0.05) is 6.42 Å². The Morgan fingerprint density at radius 3 is 2.00 bits per heavy atom. The van der Waals surface area contributed by atoms with Gasteiger partial charge in [-0.2, -0.15) is 0 Å². The summed E-state index contributed by atoms with van der Waals surface area (Å²) in [5, 5.41) is 24.2. The third-order valence-corrected chi connectivity index (χ3v) is 3.72. The van der Waals surface area contributed by atoms with Gasteiger partial charge >= 0.3 is 11.9 Å². The van der Waals surface area contributed by atoms with Crippen LogP contribution in [0.25, 0.3) is 0 Å². The van der Waals surface area contributed by atoms with Crippen molar-refractivity contribution in [1.29, 1.82) is 0 Å². The van der Waals surface area contributed by atoms with Crippen molar-refractivity contribution >= 4 is 35.6 Å². The van der Waals surface area contributed by atoms with Gasteiger partial charge in [-0.25, -0.2) is 4.79 Å². The molecule has 29 heavy (non-hydrogen) atoms. The topological polar surface area (TPSA) is 231 Å². The van der Waals surface area contributed by atoms with Crippen molar-refractivity contribution in [1.82, 2.24) is 16.0 Å².